The summed E-state index contributed by atoms with van der Waals surface area (Å²) in [6.45, 7) is 4.07. The van der Waals surface area contributed by atoms with Gasteiger partial charge in [-0.1, -0.05) is 0 Å². The lowest BCUT2D eigenvalue weighted by Crippen LogP contribution is -2.28. The van der Waals surface area contributed by atoms with Crippen LogP contribution in [-0.4, -0.2) is 20.6 Å². The molecular weight excluding hydrogens is 276 g/mol. The highest BCUT2D eigenvalue weighted by Crippen LogP contribution is 2.14. The minimum atomic E-state index is -0.848. The van der Waals surface area contributed by atoms with Crippen LogP contribution in [0, 0.1) is 13.8 Å². The van der Waals surface area contributed by atoms with Gasteiger partial charge in [0.1, 0.15) is 0 Å². The van der Waals surface area contributed by atoms with Crippen LogP contribution >= 0.6 is 11.3 Å². The number of carbonyl (C=O) groups is 1. The van der Waals surface area contributed by atoms with Crippen molar-refractivity contribution in [1.29, 1.82) is 0 Å². The van der Waals surface area contributed by atoms with Crippen molar-refractivity contribution in [1.82, 2.24) is 9.55 Å². The molecule has 0 saturated heterocycles. The predicted molar refractivity (Wildman–Crippen MR) is 77.3 cm³/mol. The van der Waals surface area contributed by atoms with Crippen LogP contribution in [0.15, 0.2) is 21.6 Å². The molecule has 0 atom stereocenters. The fourth-order valence-electron chi connectivity index (χ4n) is 2.18. The lowest BCUT2D eigenvalue weighted by Gasteiger charge is -2.14. The normalized spacial score (nSPS) is 10.7. The number of aryl methyl sites for hydroxylation is 1. The van der Waals surface area contributed by atoms with E-state index in [-0.39, 0.29) is 12.1 Å². The van der Waals surface area contributed by atoms with E-state index in [1.165, 1.54) is 0 Å². The molecule has 0 aliphatic rings. The van der Waals surface area contributed by atoms with Crippen molar-refractivity contribution >= 4 is 17.3 Å². The average molecular weight is 292 g/mol. The topological polar surface area (TPSA) is 72.2 Å². The van der Waals surface area contributed by atoms with Gasteiger partial charge in [-0.15, -0.1) is 0 Å². The molecule has 0 bridgehead atoms. The van der Waals surface area contributed by atoms with Crippen LogP contribution in [0.2, 0.25) is 0 Å². The first-order valence-electron chi connectivity index (χ1n) is 6.29. The standard InChI is InChI=1S/C14H16N2O3S/c1-9-12(3-4-13(17)18)10(2)16(14(19)15-9)7-11-5-6-20-8-11/h5-6,8H,3-4,7H2,1-2H3,(H,17,18). The van der Waals surface area contributed by atoms with Crippen LogP contribution in [0.4, 0.5) is 0 Å². The number of carboxylic acids is 1. The van der Waals surface area contributed by atoms with Gasteiger partial charge in [-0.25, -0.2) is 4.79 Å². The highest BCUT2D eigenvalue weighted by Gasteiger charge is 2.13. The van der Waals surface area contributed by atoms with Crippen LogP contribution in [0.3, 0.4) is 0 Å². The lowest BCUT2D eigenvalue weighted by atomic mass is 10.1. The smallest absolute Gasteiger partial charge is 0.348 e. The maximum absolute atomic E-state index is 12.0. The monoisotopic (exact) mass is 292 g/mol. The summed E-state index contributed by atoms with van der Waals surface area (Å²) in [7, 11) is 0. The Morgan fingerprint density at radius 3 is 2.80 bits per heavy atom. The molecule has 1 N–H and O–H groups in total. The molecule has 6 heteroatoms. The predicted octanol–water partition coefficient (Wildman–Crippen LogP) is 1.99. The second-order valence-corrected chi connectivity index (χ2v) is 5.44. The Morgan fingerprint density at radius 1 is 1.45 bits per heavy atom. The van der Waals surface area contributed by atoms with E-state index in [1.807, 2.05) is 23.8 Å². The minimum absolute atomic E-state index is 0.0417. The highest BCUT2D eigenvalue weighted by molar-refractivity contribution is 7.07. The summed E-state index contributed by atoms with van der Waals surface area (Å²) in [6.07, 6.45) is 0.434. The van der Waals surface area contributed by atoms with Gasteiger partial charge in [-0.2, -0.15) is 16.3 Å². The van der Waals surface area contributed by atoms with Crippen molar-refractivity contribution in [2.24, 2.45) is 0 Å². The molecule has 0 saturated carbocycles. The van der Waals surface area contributed by atoms with E-state index >= 15 is 0 Å². The molecule has 0 spiro atoms. The maximum Gasteiger partial charge on any atom is 0.348 e. The molecule has 0 aliphatic carbocycles. The number of aliphatic carboxylic acids is 1. The molecule has 2 heterocycles. The van der Waals surface area contributed by atoms with Gasteiger partial charge in [0.05, 0.1) is 6.54 Å². The summed E-state index contributed by atoms with van der Waals surface area (Å²) < 4.78 is 1.60. The Bertz CT molecular complexity index is 674. The Hall–Kier alpha value is -1.95. The van der Waals surface area contributed by atoms with Crippen LogP contribution in [0.5, 0.6) is 0 Å². The van der Waals surface area contributed by atoms with Crippen molar-refractivity contribution in [2.45, 2.75) is 33.2 Å². The Labute approximate surface area is 120 Å². The van der Waals surface area contributed by atoms with Crippen LogP contribution < -0.4 is 5.69 Å². The van der Waals surface area contributed by atoms with Gasteiger partial charge in [0.15, 0.2) is 0 Å². The van der Waals surface area contributed by atoms with E-state index in [0.717, 1.165) is 16.8 Å². The zero-order valence-electron chi connectivity index (χ0n) is 11.4. The van der Waals surface area contributed by atoms with Crippen molar-refractivity contribution in [3.8, 4) is 0 Å². The summed E-state index contributed by atoms with van der Waals surface area (Å²) in [5.41, 5.74) is 3.04. The number of thiophene rings is 1. The first kappa shape index (κ1) is 14.5. The van der Waals surface area contributed by atoms with Gasteiger partial charge < -0.3 is 5.11 Å². The molecule has 0 aromatic carbocycles. The fraction of sp³-hybridized carbons (Fsp3) is 0.357. The summed E-state index contributed by atoms with van der Waals surface area (Å²) in [6, 6.07) is 1.97. The second-order valence-electron chi connectivity index (χ2n) is 4.66. The van der Waals surface area contributed by atoms with E-state index in [2.05, 4.69) is 4.98 Å². The minimum Gasteiger partial charge on any atom is -0.481 e. The summed E-state index contributed by atoms with van der Waals surface area (Å²) in [4.78, 5) is 26.7. The third-order valence-electron chi connectivity index (χ3n) is 3.28. The molecule has 20 heavy (non-hydrogen) atoms. The van der Waals surface area contributed by atoms with Crippen molar-refractivity contribution < 1.29 is 9.90 Å². The van der Waals surface area contributed by atoms with E-state index < -0.39 is 5.97 Å². The van der Waals surface area contributed by atoms with Crippen LogP contribution in [0.25, 0.3) is 0 Å². The van der Waals surface area contributed by atoms with Gasteiger partial charge in [0, 0.05) is 17.8 Å². The van der Waals surface area contributed by atoms with Crippen LogP contribution in [0.1, 0.15) is 28.9 Å². The third-order valence-corrected chi connectivity index (χ3v) is 4.01. The van der Waals surface area contributed by atoms with Crippen molar-refractivity contribution in [3.63, 3.8) is 0 Å². The molecule has 106 valence electrons. The summed E-state index contributed by atoms with van der Waals surface area (Å²) >= 11 is 1.58. The van der Waals surface area contributed by atoms with Gasteiger partial charge >= 0.3 is 11.7 Å². The quantitative estimate of drug-likeness (QED) is 0.914. The number of nitrogens with zero attached hydrogens (tertiary/aromatic N) is 2. The zero-order chi connectivity index (χ0) is 14.7. The number of carboxylic acid groups (broad SMARTS) is 1. The lowest BCUT2D eigenvalue weighted by molar-refractivity contribution is -0.136. The first-order valence-corrected chi connectivity index (χ1v) is 7.23. The van der Waals surface area contributed by atoms with E-state index in [4.69, 9.17) is 5.11 Å². The Morgan fingerprint density at radius 2 is 2.20 bits per heavy atom. The van der Waals surface area contributed by atoms with Gasteiger partial charge in [0.25, 0.3) is 0 Å². The molecule has 2 aromatic heterocycles. The largest absolute Gasteiger partial charge is 0.481 e. The second kappa shape index (κ2) is 6.00. The fourth-order valence-corrected chi connectivity index (χ4v) is 2.84. The molecule has 2 aromatic rings. The van der Waals surface area contributed by atoms with Gasteiger partial charge in [-0.3, -0.25) is 9.36 Å². The molecule has 0 unspecified atom stereocenters. The summed E-state index contributed by atoms with van der Waals surface area (Å²) in [5.74, 6) is -0.848. The van der Waals surface area contributed by atoms with Crippen molar-refractivity contribution in [2.75, 3.05) is 0 Å². The Kier molecular flexibility index (Phi) is 4.34. The maximum atomic E-state index is 12.0. The molecule has 5 nitrogen and oxygen atoms in total. The zero-order valence-corrected chi connectivity index (χ0v) is 12.2. The highest BCUT2D eigenvalue weighted by atomic mass is 32.1. The molecule has 0 fully saturated rings. The number of aromatic nitrogens is 2. The van der Waals surface area contributed by atoms with Crippen LogP contribution in [-0.2, 0) is 17.8 Å². The summed E-state index contributed by atoms with van der Waals surface area (Å²) in [5, 5.41) is 12.8. The third kappa shape index (κ3) is 3.14. The molecule has 0 radical (unpaired) electrons. The molecule has 0 amide bonds. The molecule has 2 rings (SSSR count). The first-order chi connectivity index (χ1) is 9.49. The number of hydrogen-bond acceptors (Lipinski definition) is 4. The van der Waals surface area contributed by atoms with E-state index in [1.54, 1.807) is 22.8 Å². The van der Waals surface area contributed by atoms with E-state index in [0.29, 0.717) is 18.7 Å². The van der Waals surface area contributed by atoms with Gasteiger partial charge in [0.2, 0.25) is 0 Å². The van der Waals surface area contributed by atoms with Crippen molar-refractivity contribution in [3.05, 3.63) is 49.8 Å². The SMILES string of the molecule is Cc1nc(=O)n(Cc2ccsc2)c(C)c1CCC(=O)O. The molecule has 0 aliphatic heterocycles. The average Bonchev–Trinajstić information content (AvgIpc) is 2.86. The Balaban J connectivity index is 2.38. The molecular formula is C14H16N2O3S. The number of rotatable bonds is 5. The van der Waals surface area contributed by atoms with Gasteiger partial charge in [-0.05, 0) is 48.2 Å². The van der Waals surface area contributed by atoms with E-state index in [9.17, 15) is 9.59 Å². The number of hydrogen-bond donors (Lipinski definition) is 1.